The molecule has 2 aliphatic rings. The fourth-order valence-corrected chi connectivity index (χ4v) is 3.21. The second-order valence-electron chi connectivity index (χ2n) is 5.85. The Hall–Kier alpha value is -1.75. The predicted molar refractivity (Wildman–Crippen MR) is 82.1 cm³/mol. The van der Waals surface area contributed by atoms with Crippen LogP contribution in [0.15, 0.2) is 24.3 Å². The van der Waals surface area contributed by atoms with Crippen LogP contribution in [0, 0.1) is 0 Å². The topological polar surface area (TPSA) is 58.8 Å². The summed E-state index contributed by atoms with van der Waals surface area (Å²) in [5.74, 6) is 1.17. The van der Waals surface area contributed by atoms with Crippen LogP contribution in [0.2, 0.25) is 0 Å². The van der Waals surface area contributed by atoms with Gasteiger partial charge in [-0.05, 0) is 25.0 Å². The van der Waals surface area contributed by atoms with E-state index in [2.05, 4.69) is 9.80 Å². The Balaban J connectivity index is 1.37. The molecule has 0 aromatic heterocycles. The summed E-state index contributed by atoms with van der Waals surface area (Å²) in [7, 11) is 0. The molecule has 0 radical (unpaired) electrons. The van der Waals surface area contributed by atoms with Gasteiger partial charge in [0.15, 0.2) is 0 Å². The van der Waals surface area contributed by atoms with Crippen LogP contribution in [0.5, 0.6) is 5.75 Å². The molecule has 2 N–H and O–H groups in total. The standard InChI is InChI=1S/C16H23N3O2/c17-13-3-1-4-15(11-13)21-10-2-7-18-8-9-19-14(12-18)5-6-16(19)20/h1,3-4,11,14H,2,5-10,12,17H2. The van der Waals surface area contributed by atoms with Crippen molar-refractivity contribution in [2.45, 2.75) is 25.3 Å². The molecule has 5 nitrogen and oxygen atoms in total. The molecule has 1 aromatic carbocycles. The maximum Gasteiger partial charge on any atom is 0.222 e. The second kappa shape index (κ2) is 6.35. The zero-order valence-corrected chi connectivity index (χ0v) is 12.3. The van der Waals surface area contributed by atoms with Crippen LogP contribution in [0.25, 0.3) is 0 Å². The van der Waals surface area contributed by atoms with E-state index in [1.165, 1.54) is 0 Å². The third-order valence-corrected chi connectivity index (χ3v) is 4.32. The molecule has 114 valence electrons. The number of rotatable bonds is 5. The average Bonchev–Trinajstić information content (AvgIpc) is 2.85. The molecule has 0 aliphatic carbocycles. The van der Waals surface area contributed by atoms with Gasteiger partial charge in [-0.15, -0.1) is 0 Å². The highest BCUT2D eigenvalue weighted by atomic mass is 16.5. The number of nitrogen functional groups attached to an aromatic ring is 1. The zero-order chi connectivity index (χ0) is 14.7. The monoisotopic (exact) mass is 289 g/mol. The highest BCUT2D eigenvalue weighted by Crippen LogP contribution is 2.22. The van der Waals surface area contributed by atoms with E-state index in [1.807, 2.05) is 24.3 Å². The molecule has 2 aliphatic heterocycles. The number of hydrogen-bond donors (Lipinski definition) is 1. The molecule has 1 amide bonds. The van der Waals surface area contributed by atoms with Crippen molar-refractivity contribution in [3.8, 4) is 5.75 Å². The van der Waals surface area contributed by atoms with Crippen molar-refractivity contribution in [2.75, 3.05) is 38.5 Å². The van der Waals surface area contributed by atoms with Crippen molar-refractivity contribution in [1.82, 2.24) is 9.80 Å². The first-order chi connectivity index (χ1) is 10.2. The van der Waals surface area contributed by atoms with Gasteiger partial charge in [-0.2, -0.15) is 0 Å². The Morgan fingerprint density at radius 2 is 2.24 bits per heavy atom. The van der Waals surface area contributed by atoms with Crippen molar-refractivity contribution in [2.24, 2.45) is 0 Å². The number of piperazine rings is 1. The largest absolute Gasteiger partial charge is 0.493 e. The zero-order valence-electron chi connectivity index (χ0n) is 12.3. The summed E-state index contributed by atoms with van der Waals surface area (Å²) in [5.41, 5.74) is 6.45. The Labute approximate surface area is 125 Å². The number of hydrogen-bond acceptors (Lipinski definition) is 4. The van der Waals surface area contributed by atoms with E-state index in [0.717, 1.165) is 56.9 Å². The number of ether oxygens (including phenoxy) is 1. The molecule has 2 saturated heterocycles. The van der Waals surface area contributed by atoms with Gasteiger partial charge in [0.25, 0.3) is 0 Å². The Morgan fingerprint density at radius 3 is 3.10 bits per heavy atom. The fourth-order valence-electron chi connectivity index (χ4n) is 3.21. The van der Waals surface area contributed by atoms with Crippen LogP contribution in [0.3, 0.4) is 0 Å². The molecule has 3 rings (SSSR count). The molecule has 1 unspecified atom stereocenters. The first-order valence-corrected chi connectivity index (χ1v) is 7.72. The van der Waals surface area contributed by atoms with E-state index in [0.29, 0.717) is 18.6 Å². The SMILES string of the molecule is Nc1cccc(OCCCN2CCN3C(=O)CCC3C2)c1. The van der Waals surface area contributed by atoms with E-state index >= 15 is 0 Å². The number of carbonyl (C=O) groups excluding carboxylic acids is 1. The third-order valence-electron chi connectivity index (χ3n) is 4.32. The highest BCUT2D eigenvalue weighted by molar-refractivity contribution is 5.78. The summed E-state index contributed by atoms with van der Waals surface area (Å²) in [4.78, 5) is 16.1. The van der Waals surface area contributed by atoms with E-state index in [1.54, 1.807) is 0 Å². The number of nitrogens with zero attached hydrogens (tertiary/aromatic N) is 2. The van der Waals surface area contributed by atoms with Gasteiger partial charge in [-0.1, -0.05) is 6.07 Å². The second-order valence-corrected chi connectivity index (χ2v) is 5.85. The Kier molecular flexibility index (Phi) is 4.29. The maximum absolute atomic E-state index is 11.6. The Bertz CT molecular complexity index is 506. The Morgan fingerprint density at radius 1 is 1.33 bits per heavy atom. The van der Waals surface area contributed by atoms with Crippen molar-refractivity contribution >= 4 is 11.6 Å². The molecule has 0 spiro atoms. The summed E-state index contributed by atoms with van der Waals surface area (Å²) in [5, 5.41) is 0. The lowest BCUT2D eigenvalue weighted by Crippen LogP contribution is -2.51. The molecule has 21 heavy (non-hydrogen) atoms. The summed E-state index contributed by atoms with van der Waals surface area (Å²) in [6.45, 7) is 4.62. The molecular weight excluding hydrogens is 266 g/mol. The van der Waals surface area contributed by atoms with E-state index in [4.69, 9.17) is 10.5 Å². The minimum absolute atomic E-state index is 0.338. The van der Waals surface area contributed by atoms with Gasteiger partial charge in [0, 0.05) is 50.4 Å². The number of fused-ring (bicyclic) bond motifs is 1. The lowest BCUT2D eigenvalue weighted by Gasteiger charge is -2.37. The number of carbonyl (C=O) groups is 1. The number of amides is 1. The van der Waals surface area contributed by atoms with Crippen molar-refractivity contribution < 1.29 is 9.53 Å². The lowest BCUT2D eigenvalue weighted by molar-refractivity contribution is -0.130. The first kappa shape index (κ1) is 14.2. The smallest absolute Gasteiger partial charge is 0.222 e. The predicted octanol–water partition coefficient (Wildman–Crippen LogP) is 1.34. The first-order valence-electron chi connectivity index (χ1n) is 7.72. The summed E-state index contributed by atoms with van der Waals surface area (Å²) in [6.07, 6.45) is 2.75. The van der Waals surface area contributed by atoms with Gasteiger partial charge in [0.2, 0.25) is 5.91 Å². The van der Waals surface area contributed by atoms with Crippen LogP contribution in [-0.4, -0.2) is 54.5 Å². The van der Waals surface area contributed by atoms with Gasteiger partial charge in [-0.25, -0.2) is 0 Å². The molecule has 5 heteroatoms. The summed E-state index contributed by atoms with van der Waals surface area (Å²) >= 11 is 0. The summed E-state index contributed by atoms with van der Waals surface area (Å²) < 4.78 is 5.71. The maximum atomic E-state index is 11.6. The lowest BCUT2D eigenvalue weighted by atomic mass is 10.1. The molecule has 0 saturated carbocycles. The van der Waals surface area contributed by atoms with Crippen molar-refractivity contribution in [3.63, 3.8) is 0 Å². The van der Waals surface area contributed by atoms with Gasteiger partial charge >= 0.3 is 0 Å². The quantitative estimate of drug-likeness (QED) is 0.656. The minimum Gasteiger partial charge on any atom is -0.493 e. The average molecular weight is 289 g/mol. The number of anilines is 1. The molecule has 2 fully saturated rings. The van der Waals surface area contributed by atoms with Gasteiger partial charge < -0.3 is 15.4 Å². The highest BCUT2D eigenvalue weighted by Gasteiger charge is 2.34. The van der Waals surface area contributed by atoms with Gasteiger partial charge in [0.05, 0.1) is 6.61 Å². The minimum atomic E-state index is 0.338. The van der Waals surface area contributed by atoms with Crippen LogP contribution in [-0.2, 0) is 4.79 Å². The molecule has 0 bridgehead atoms. The van der Waals surface area contributed by atoms with Crippen LogP contribution in [0.4, 0.5) is 5.69 Å². The number of benzene rings is 1. The summed E-state index contributed by atoms with van der Waals surface area (Å²) in [6, 6.07) is 7.99. The van der Waals surface area contributed by atoms with Crippen molar-refractivity contribution in [3.05, 3.63) is 24.3 Å². The van der Waals surface area contributed by atoms with Gasteiger partial charge in [0.1, 0.15) is 5.75 Å². The normalized spacial score (nSPS) is 22.4. The van der Waals surface area contributed by atoms with Gasteiger partial charge in [-0.3, -0.25) is 9.69 Å². The fraction of sp³-hybridized carbons (Fsp3) is 0.562. The third kappa shape index (κ3) is 3.47. The van der Waals surface area contributed by atoms with E-state index in [-0.39, 0.29) is 0 Å². The molecule has 1 aromatic rings. The molecular formula is C16H23N3O2. The van der Waals surface area contributed by atoms with Crippen molar-refractivity contribution in [1.29, 1.82) is 0 Å². The molecule has 2 heterocycles. The van der Waals surface area contributed by atoms with E-state index < -0.39 is 0 Å². The van der Waals surface area contributed by atoms with Crippen LogP contribution in [0.1, 0.15) is 19.3 Å². The van der Waals surface area contributed by atoms with E-state index in [9.17, 15) is 4.79 Å². The van der Waals surface area contributed by atoms with Crippen LogP contribution >= 0.6 is 0 Å². The van der Waals surface area contributed by atoms with Crippen LogP contribution < -0.4 is 10.5 Å². The molecule has 1 atom stereocenters. The number of nitrogens with two attached hydrogens (primary N) is 1.